The summed E-state index contributed by atoms with van der Waals surface area (Å²) in [6.45, 7) is 6.18. The molecule has 1 aliphatic rings. The van der Waals surface area contributed by atoms with Crippen LogP contribution in [0.4, 0.5) is 0 Å². The van der Waals surface area contributed by atoms with Gasteiger partial charge in [0.05, 0.1) is 0 Å². The molecule has 0 aromatic rings. The topological polar surface area (TPSA) is 17.1 Å². The van der Waals surface area contributed by atoms with Crippen LogP contribution in [0.5, 0.6) is 0 Å². The van der Waals surface area contributed by atoms with E-state index in [1.54, 1.807) is 0 Å². The van der Waals surface area contributed by atoms with Gasteiger partial charge in [-0.1, -0.05) is 24.6 Å². The van der Waals surface area contributed by atoms with Crippen molar-refractivity contribution >= 4 is 5.78 Å². The van der Waals surface area contributed by atoms with Gasteiger partial charge in [0.15, 0.2) is 5.78 Å². The van der Waals surface area contributed by atoms with E-state index in [1.807, 2.05) is 6.92 Å². The quantitative estimate of drug-likeness (QED) is 0.593. The molecular formula is C12H18O. The zero-order valence-corrected chi connectivity index (χ0v) is 8.76. The average molecular weight is 178 g/mol. The maximum Gasteiger partial charge on any atom is 0.158 e. The lowest BCUT2D eigenvalue weighted by atomic mass is 9.84. The number of rotatable bonds is 2. The molecule has 0 radical (unpaired) electrons. The van der Waals surface area contributed by atoms with Crippen LogP contribution in [0.1, 0.15) is 40.0 Å². The summed E-state index contributed by atoms with van der Waals surface area (Å²) in [5, 5.41) is 0. The second kappa shape index (κ2) is 4.40. The molecule has 0 aromatic carbocycles. The third-order valence-corrected chi connectivity index (χ3v) is 2.75. The largest absolute Gasteiger partial charge is 0.295 e. The SMILES string of the molecule is CC/C=C(/C)C1CC=C(C)C(=O)C1. The van der Waals surface area contributed by atoms with Gasteiger partial charge in [-0.15, -0.1) is 0 Å². The molecule has 0 spiro atoms. The van der Waals surface area contributed by atoms with Crippen molar-refractivity contribution in [2.24, 2.45) is 5.92 Å². The zero-order valence-electron chi connectivity index (χ0n) is 8.76. The molecule has 1 atom stereocenters. The Hall–Kier alpha value is -0.850. The van der Waals surface area contributed by atoms with Gasteiger partial charge in [0.25, 0.3) is 0 Å². The van der Waals surface area contributed by atoms with E-state index in [1.165, 1.54) is 5.57 Å². The van der Waals surface area contributed by atoms with Gasteiger partial charge in [-0.25, -0.2) is 0 Å². The van der Waals surface area contributed by atoms with Crippen molar-refractivity contribution in [3.63, 3.8) is 0 Å². The fraction of sp³-hybridized carbons (Fsp3) is 0.583. The highest BCUT2D eigenvalue weighted by Gasteiger charge is 2.19. The molecule has 13 heavy (non-hydrogen) atoms. The number of carbonyl (C=O) groups is 1. The van der Waals surface area contributed by atoms with Gasteiger partial charge in [0.1, 0.15) is 0 Å². The van der Waals surface area contributed by atoms with Crippen molar-refractivity contribution in [3.05, 3.63) is 23.3 Å². The lowest BCUT2D eigenvalue weighted by molar-refractivity contribution is -0.116. The molecule has 0 aromatic heterocycles. The monoisotopic (exact) mass is 178 g/mol. The second-order valence-electron chi connectivity index (χ2n) is 3.80. The van der Waals surface area contributed by atoms with Gasteiger partial charge in [0.2, 0.25) is 0 Å². The van der Waals surface area contributed by atoms with Crippen LogP contribution in [0.3, 0.4) is 0 Å². The Morgan fingerprint density at radius 3 is 2.92 bits per heavy atom. The summed E-state index contributed by atoms with van der Waals surface area (Å²) in [7, 11) is 0. The zero-order chi connectivity index (χ0) is 9.84. The first kappa shape index (κ1) is 10.2. The summed E-state index contributed by atoms with van der Waals surface area (Å²) in [4.78, 5) is 11.4. The molecule has 0 bridgehead atoms. The number of allylic oxidation sites excluding steroid dienone is 4. The Labute approximate surface area is 80.5 Å². The lowest BCUT2D eigenvalue weighted by Gasteiger charge is -2.20. The summed E-state index contributed by atoms with van der Waals surface area (Å²) in [6, 6.07) is 0. The van der Waals surface area contributed by atoms with Gasteiger partial charge >= 0.3 is 0 Å². The standard InChI is InChI=1S/C12H18O/c1-4-5-9(2)11-7-6-10(3)12(13)8-11/h5-6,11H,4,7-8H2,1-3H3/b9-5-. The first-order chi connectivity index (χ1) is 6.15. The van der Waals surface area contributed by atoms with Crippen molar-refractivity contribution in [3.8, 4) is 0 Å². The van der Waals surface area contributed by atoms with Crippen LogP contribution < -0.4 is 0 Å². The summed E-state index contributed by atoms with van der Waals surface area (Å²) < 4.78 is 0. The van der Waals surface area contributed by atoms with Crippen LogP contribution in [-0.2, 0) is 4.79 Å². The van der Waals surface area contributed by atoms with Gasteiger partial charge < -0.3 is 0 Å². The third kappa shape index (κ3) is 2.55. The van der Waals surface area contributed by atoms with E-state index in [-0.39, 0.29) is 0 Å². The van der Waals surface area contributed by atoms with Crippen molar-refractivity contribution in [1.82, 2.24) is 0 Å². The molecule has 0 heterocycles. The highest BCUT2D eigenvalue weighted by Crippen LogP contribution is 2.26. The van der Waals surface area contributed by atoms with Crippen molar-refractivity contribution in [1.29, 1.82) is 0 Å². The van der Waals surface area contributed by atoms with Crippen LogP contribution in [0.2, 0.25) is 0 Å². The van der Waals surface area contributed by atoms with Gasteiger partial charge in [0, 0.05) is 6.42 Å². The maximum atomic E-state index is 11.4. The Morgan fingerprint density at radius 1 is 1.69 bits per heavy atom. The molecule has 0 saturated heterocycles. The Kier molecular flexibility index (Phi) is 3.47. The Balaban J connectivity index is 2.67. The maximum absolute atomic E-state index is 11.4. The number of hydrogen-bond acceptors (Lipinski definition) is 1. The van der Waals surface area contributed by atoms with E-state index in [9.17, 15) is 4.79 Å². The third-order valence-electron chi connectivity index (χ3n) is 2.75. The minimum absolute atomic E-state index is 0.320. The molecule has 1 unspecified atom stereocenters. The molecule has 0 fully saturated rings. The van der Waals surface area contributed by atoms with Crippen LogP contribution in [0.25, 0.3) is 0 Å². The number of carbonyl (C=O) groups excluding carboxylic acids is 1. The highest BCUT2D eigenvalue weighted by atomic mass is 16.1. The molecule has 1 heteroatoms. The molecule has 0 saturated carbocycles. The predicted molar refractivity (Wildman–Crippen MR) is 55.5 cm³/mol. The fourth-order valence-corrected chi connectivity index (χ4v) is 1.74. The first-order valence-corrected chi connectivity index (χ1v) is 5.01. The van der Waals surface area contributed by atoms with Gasteiger partial charge in [-0.3, -0.25) is 4.79 Å². The molecule has 0 N–H and O–H groups in total. The lowest BCUT2D eigenvalue weighted by Crippen LogP contribution is -2.15. The Morgan fingerprint density at radius 2 is 2.38 bits per heavy atom. The van der Waals surface area contributed by atoms with E-state index < -0.39 is 0 Å². The van der Waals surface area contributed by atoms with Gasteiger partial charge in [-0.05, 0) is 38.2 Å². The molecule has 72 valence electrons. The van der Waals surface area contributed by atoms with Crippen molar-refractivity contribution in [2.45, 2.75) is 40.0 Å². The van der Waals surface area contributed by atoms with E-state index in [0.717, 1.165) is 18.4 Å². The average Bonchev–Trinajstić information content (AvgIpc) is 2.10. The smallest absolute Gasteiger partial charge is 0.158 e. The van der Waals surface area contributed by atoms with Crippen LogP contribution >= 0.6 is 0 Å². The van der Waals surface area contributed by atoms with Crippen LogP contribution in [-0.4, -0.2) is 5.78 Å². The number of Topliss-reactive ketones (excluding diaryl/α,β-unsaturated/α-hetero) is 1. The Bertz CT molecular complexity index is 258. The molecule has 0 aliphatic heterocycles. The second-order valence-corrected chi connectivity index (χ2v) is 3.80. The summed E-state index contributed by atoms with van der Waals surface area (Å²) >= 11 is 0. The molecule has 1 aliphatic carbocycles. The van der Waals surface area contributed by atoms with E-state index in [4.69, 9.17) is 0 Å². The van der Waals surface area contributed by atoms with Crippen molar-refractivity contribution in [2.75, 3.05) is 0 Å². The first-order valence-electron chi connectivity index (χ1n) is 5.01. The van der Waals surface area contributed by atoms with Crippen LogP contribution in [0, 0.1) is 5.92 Å². The highest BCUT2D eigenvalue weighted by molar-refractivity contribution is 5.95. The minimum atomic E-state index is 0.320. The minimum Gasteiger partial charge on any atom is -0.295 e. The number of hydrogen-bond donors (Lipinski definition) is 0. The molecule has 1 rings (SSSR count). The fourth-order valence-electron chi connectivity index (χ4n) is 1.74. The summed E-state index contributed by atoms with van der Waals surface area (Å²) in [5.41, 5.74) is 2.32. The predicted octanol–water partition coefficient (Wildman–Crippen LogP) is 3.27. The van der Waals surface area contributed by atoms with E-state index >= 15 is 0 Å². The molecular weight excluding hydrogens is 160 g/mol. The van der Waals surface area contributed by atoms with E-state index in [0.29, 0.717) is 18.1 Å². The van der Waals surface area contributed by atoms with Crippen molar-refractivity contribution < 1.29 is 4.79 Å². The molecule has 0 amide bonds. The summed E-state index contributed by atoms with van der Waals surface area (Å²) in [6.07, 6.45) is 7.12. The van der Waals surface area contributed by atoms with Gasteiger partial charge in [-0.2, -0.15) is 0 Å². The number of ketones is 1. The normalized spacial score (nSPS) is 24.5. The summed E-state index contributed by atoms with van der Waals surface area (Å²) in [5.74, 6) is 0.788. The van der Waals surface area contributed by atoms with E-state index in [2.05, 4.69) is 26.0 Å². The van der Waals surface area contributed by atoms with Crippen LogP contribution in [0.15, 0.2) is 23.3 Å². The molecule has 1 nitrogen and oxygen atoms in total.